The molecule has 0 bridgehead atoms. The van der Waals surface area contributed by atoms with Crippen LogP contribution in [0.5, 0.6) is 0 Å². The second kappa shape index (κ2) is 14.2. The Morgan fingerprint density at radius 3 is 2.02 bits per heavy atom. The molecule has 51 heavy (non-hydrogen) atoms. The van der Waals surface area contributed by atoms with Crippen LogP contribution in [0.25, 0.3) is 33.3 Å². The highest BCUT2D eigenvalue weighted by Gasteiger charge is 2.31. The second-order valence-corrected chi connectivity index (χ2v) is 13.4. The first kappa shape index (κ1) is 32.4. The molecule has 0 radical (unpaired) electrons. The van der Waals surface area contributed by atoms with E-state index in [1.807, 2.05) is 104 Å². The van der Waals surface area contributed by atoms with Crippen molar-refractivity contribution in [3.05, 3.63) is 161 Å². The maximum atomic E-state index is 14.3. The van der Waals surface area contributed by atoms with Crippen molar-refractivity contribution in [3.8, 4) is 22.4 Å². The Morgan fingerprint density at radius 2 is 1.33 bits per heavy atom. The fraction of sp³-hybridized carbons (Fsp3) is 0.205. The Labute approximate surface area is 298 Å². The summed E-state index contributed by atoms with van der Waals surface area (Å²) in [6.07, 6.45) is -0.288. The van der Waals surface area contributed by atoms with Crippen molar-refractivity contribution in [2.45, 2.75) is 25.4 Å². The van der Waals surface area contributed by atoms with E-state index in [9.17, 15) is 9.59 Å². The molecule has 1 atom stereocenters. The number of ether oxygens (including phenoxy) is 1. The summed E-state index contributed by atoms with van der Waals surface area (Å²) in [4.78, 5) is 37.0. The zero-order chi connectivity index (χ0) is 34.7. The van der Waals surface area contributed by atoms with E-state index in [2.05, 4.69) is 46.6 Å². The van der Waals surface area contributed by atoms with E-state index in [0.717, 1.165) is 33.3 Å². The normalized spacial score (nSPS) is 14.9. The lowest BCUT2D eigenvalue weighted by molar-refractivity contribution is 0.0728. The van der Waals surface area contributed by atoms with Crippen molar-refractivity contribution < 1.29 is 14.3 Å². The molecule has 1 aromatic heterocycles. The first-order chi connectivity index (χ1) is 25.0. The van der Waals surface area contributed by atoms with Gasteiger partial charge in [0.25, 0.3) is 5.91 Å². The van der Waals surface area contributed by atoms with Crippen LogP contribution in [0.3, 0.4) is 0 Å². The molecule has 0 spiro atoms. The van der Waals surface area contributed by atoms with Crippen LogP contribution in [0.1, 0.15) is 51.5 Å². The zero-order valence-corrected chi connectivity index (χ0v) is 28.7. The Morgan fingerprint density at radius 1 is 0.745 bits per heavy atom. The minimum atomic E-state index is -0.288. The molecule has 0 unspecified atom stereocenters. The predicted molar refractivity (Wildman–Crippen MR) is 201 cm³/mol. The molecule has 1 aliphatic carbocycles. The predicted octanol–water partition coefficient (Wildman–Crippen LogP) is 8.46. The van der Waals surface area contributed by atoms with E-state index in [1.54, 1.807) is 4.90 Å². The summed E-state index contributed by atoms with van der Waals surface area (Å²) in [5.41, 5.74) is 9.92. The molecule has 2 amide bonds. The summed E-state index contributed by atoms with van der Waals surface area (Å²) < 4.78 is 5.99. The molecular formula is C44H40N4O3. The van der Waals surface area contributed by atoms with Gasteiger partial charge in [0.1, 0.15) is 6.61 Å². The van der Waals surface area contributed by atoms with Crippen LogP contribution in [-0.2, 0) is 11.3 Å². The molecule has 1 saturated heterocycles. The van der Waals surface area contributed by atoms with E-state index in [-0.39, 0.29) is 24.0 Å². The van der Waals surface area contributed by atoms with Gasteiger partial charge in [-0.05, 0) is 40.8 Å². The van der Waals surface area contributed by atoms with Crippen LogP contribution in [0, 0.1) is 0 Å². The van der Waals surface area contributed by atoms with Crippen molar-refractivity contribution in [2.75, 3.05) is 32.8 Å². The molecule has 5 aromatic carbocycles. The first-order valence-electron chi connectivity index (χ1n) is 17.7. The largest absolute Gasteiger partial charge is 0.448 e. The molecule has 8 rings (SSSR count). The third kappa shape index (κ3) is 6.48. The lowest BCUT2D eigenvalue weighted by atomic mass is 9.95. The SMILES string of the molecule is C[C@H](NC(=O)c1c(CN2CCN(C(=O)OCC3c4ccccc4-c4ccccc43)CC2)c(-c2ccccc2)nc2ccccc12)c1ccccc1. The van der Waals surface area contributed by atoms with Gasteiger partial charge in [-0.25, -0.2) is 9.78 Å². The molecule has 7 heteroatoms. The average Bonchev–Trinajstić information content (AvgIpc) is 3.51. The fourth-order valence-electron chi connectivity index (χ4n) is 7.59. The van der Waals surface area contributed by atoms with E-state index >= 15 is 0 Å². The Kier molecular flexibility index (Phi) is 9.03. The molecule has 0 saturated carbocycles. The first-order valence-corrected chi connectivity index (χ1v) is 17.7. The van der Waals surface area contributed by atoms with Crippen molar-refractivity contribution in [3.63, 3.8) is 0 Å². The van der Waals surface area contributed by atoms with Crippen molar-refractivity contribution in [2.24, 2.45) is 0 Å². The number of pyridine rings is 1. The number of carbonyl (C=O) groups excluding carboxylic acids is 2. The number of aromatic nitrogens is 1. The monoisotopic (exact) mass is 672 g/mol. The summed E-state index contributed by atoms with van der Waals surface area (Å²) in [6.45, 7) is 5.19. The summed E-state index contributed by atoms with van der Waals surface area (Å²) in [6, 6.07) is 44.5. The minimum absolute atomic E-state index is 0.0219. The van der Waals surface area contributed by atoms with E-state index < -0.39 is 0 Å². The standard InChI is InChI=1S/C44H40N4O3/c1-30(31-14-4-2-5-15-31)45-43(49)41-37-22-12-13-23-40(37)46-42(32-16-6-3-7-17-32)38(41)28-47-24-26-48(27-25-47)44(50)51-29-39-35-20-10-8-18-33(35)34-19-9-11-21-36(34)39/h2-23,30,39H,24-29H2,1H3,(H,45,49)/t30-/m0/s1. The smallest absolute Gasteiger partial charge is 0.409 e. The summed E-state index contributed by atoms with van der Waals surface area (Å²) in [5.74, 6) is -0.108. The summed E-state index contributed by atoms with van der Waals surface area (Å²) in [5, 5.41) is 4.10. The molecule has 1 fully saturated rings. The molecule has 254 valence electrons. The highest BCUT2D eigenvalue weighted by atomic mass is 16.6. The molecular weight excluding hydrogens is 633 g/mol. The molecule has 2 aliphatic rings. The lowest BCUT2D eigenvalue weighted by Crippen LogP contribution is -2.48. The highest BCUT2D eigenvalue weighted by Crippen LogP contribution is 2.44. The molecule has 2 heterocycles. The third-order valence-corrected chi connectivity index (χ3v) is 10.3. The van der Waals surface area contributed by atoms with Gasteiger partial charge < -0.3 is 15.0 Å². The fourth-order valence-corrected chi connectivity index (χ4v) is 7.59. The van der Waals surface area contributed by atoms with Gasteiger partial charge in [-0.1, -0.05) is 127 Å². The van der Waals surface area contributed by atoms with E-state index in [1.165, 1.54) is 22.3 Å². The lowest BCUT2D eigenvalue weighted by Gasteiger charge is -2.35. The molecule has 1 aliphatic heterocycles. The number of carbonyl (C=O) groups is 2. The number of rotatable bonds is 8. The van der Waals surface area contributed by atoms with Gasteiger partial charge in [-0.2, -0.15) is 0 Å². The van der Waals surface area contributed by atoms with Crippen LogP contribution in [-0.4, -0.2) is 59.6 Å². The van der Waals surface area contributed by atoms with Gasteiger partial charge in [-0.3, -0.25) is 9.69 Å². The second-order valence-electron chi connectivity index (χ2n) is 13.4. The van der Waals surface area contributed by atoms with Crippen molar-refractivity contribution in [1.29, 1.82) is 0 Å². The number of amides is 2. The van der Waals surface area contributed by atoms with Gasteiger partial charge in [0, 0.05) is 55.2 Å². The molecule has 7 nitrogen and oxygen atoms in total. The van der Waals surface area contributed by atoms with Crippen LogP contribution < -0.4 is 5.32 Å². The average molecular weight is 673 g/mol. The number of benzene rings is 5. The Bertz CT molecular complexity index is 2150. The number of nitrogens with one attached hydrogen (secondary N) is 1. The number of fused-ring (bicyclic) bond motifs is 4. The van der Waals surface area contributed by atoms with Crippen molar-refractivity contribution in [1.82, 2.24) is 20.1 Å². The van der Waals surface area contributed by atoms with Gasteiger partial charge in [0.05, 0.1) is 22.8 Å². The minimum Gasteiger partial charge on any atom is -0.448 e. The maximum absolute atomic E-state index is 14.3. The van der Waals surface area contributed by atoms with Crippen molar-refractivity contribution >= 4 is 22.9 Å². The van der Waals surface area contributed by atoms with Crippen LogP contribution >= 0.6 is 0 Å². The Hall–Kier alpha value is -5.79. The van der Waals surface area contributed by atoms with Gasteiger partial charge in [0.2, 0.25) is 0 Å². The van der Waals surface area contributed by atoms with Gasteiger partial charge >= 0.3 is 6.09 Å². The highest BCUT2D eigenvalue weighted by molar-refractivity contribution is 6.09. The third-order valence-electron chi connectivity index (χ3n) is 10.3. The quantitative estimate of drug-likeness (QED) is 0.176. The molecule has 6 aromatic rings. The number of nitrogens with zero attached hydrogens (tertiary/aromatic N) is 3. The Balaban J connectivity index is 1.02. The van der Waals surface area contributed by atoms with E-state index in [0.29, 0.717) is 44.9 Å². The zero-order valence-electron chi connectivity index (χ0n) is 28.7. The van der Waals surface area contributed by atoms with Crippen LogP contribution in [0.15, 0.2) is 133 Å². The number of para-hydroxylation sites is 1. The summed E-state index contributed by atoms with van der Waals surface area (Å²) in [7, 11) is 0. The van der Waals surface area contributed by atoms with Crippen LogP contribution in [0.2, 0.25) is 0 Å². The van der Waals surface area contributed by atoms with E-state index in [4.69, 9.17) is 9.72 Å². The number of hydrogen-bond acceptors (Lipinski definition) is 5. The number of hydrogen-bond donors (Lipinski definition) is 1. The van der Waals surface area contributed by atoms with Crippen LogP contribution in [0.4, 0.5) is 4.79 Å². The molecule has 1 N–H and O–H groups in total. The maximum Gasteiger partial charge on any atom is 0.409 e. The number of piperazine rings is 1. The van der Waals surface area contributed by atoms with Gasteiger partial charge in [0.15, 0.2) is 0 Å². The van der Waals surface area contributed by atoms with Gasteiger partial charge in [-0.15, -0.1) is 0 Å². The topological polar surface area (TPSA) is 74.8 Å². The summed E-state index contributed by atoms with van der Waals surface area (Å²) >= 11 is 0.